The van der Waals surface area contributed by atoms with Gasteiger partial charge in [0.1, 0.15) is 4.90 Å². The van der Waals surface area contributed by atoms with Crippen LogP contribution in [0.15, 0.2) is 69.7 Å². The van der Waals surface area contributed by atoms with Crippen LogP contribution in [0.3, 0.4) is 0 Å². The van der Waals surface area contributed by atoms with Crippen molar-refractivity contribution in [2.45, 2.75) is 30.9 Å². The third-order valence-corrected chi connectivity index (χ3v) is 8.29. The molecule has 0 aliphatic carbocycles. The second kappa shape index (κ2) is 9.77. The fourth-order valence-electron chi connectivity index (χ4n) is 3.38. The Balaban J connectivity index is 1.70. The van der Waals surface area contributed by atoms with E-state index in [4.69, 9.17) is 15.8 Å². The molecule has 0 saturated carbocycles. The molecule has 1 fully saturated rings. The maximum Gasteiger partial charge on any atom is 0.339 e. The van der Waals surface area contributed by atoms with E-state index in [-0.39, 0.29) is 27.7 Å². The molecule has 3 aromatic rings. The van der Waals surface area contributed by atoms with Gasteiger partial charge >= 0.3 is 10.1 Å². The molecule has 10 heteroatoms. The van der Waals surface area contributed by atoms with Crippen LogP contribution in [0.1, 0.15) is 25.0 Å². The molecular formula is C24H22ClN3O4S2. The van der Waals surface area contributed by atoms with Crippen LogP contribution in [0, 0.1) is 12.8 Å². The van der Waals surface area contributed by atoms with Crippen molar-refractivity contribution in [3.05, 3.63) is 70.7 Å². The van der Waals surface area contributed by atoms with Crippen LogP contribution in [0.2, 0.25) is 5.02 Å². The monoisotopic (exact) mass is 515 g/mol. The lowest BCUT2D eigenvalue weighted by Crippen LogP contribution is -2.27. The summed E-state index contributed by atoms with van der Waals surface area (Å²) in [5.41, 5.74) is 1.20. The second-order valence-electron chi connectivity index (χ2n) is 8.07. The quantitative estimate of drug-likeness (QED) is 0.278. The number of thioether (sulfide) groups is 1. The lowest BCUT2D eigenvalue weighted by atomic mass is 10.0. The maximum absolute atomic E-state index is 13.0. The van der Waals surface area contributed by atoms with E-state index in [0.29, 0.717) is 15.8 Å². The highest BCUT2D eigenvalue weighted by Gasteiger charge is 2.32. The molecule has 7 nitrogen and oxygen atoms in total. The number of carbonyl (C=O) groups is 1. The first kappa shape index (κ1) is 24.3. The molecule has 34 heavy (non-hydrogen) atoms. The van der Waals surface area contributed by atoms with Crippen LogP contribution in [-0.2, 0) is 14.9 Å². The van der Waals surface area contributed by atoms with Crippen molar-refractivity contribution in [2.24, 2.45) is 16.1 Å². The predicted molar refractivity (Wildman–Crippen MR) is 137 cm³/mol. The van der Waals surface area contributed by atoms with Crippen molar-refractivity contribution >= 4 is 61.5 Å². The third kappa shape index (κ3) is 5.11. The molecule has 1 aliphatic heterocycles. The van der Waals surface area contributed by atoms with Gasteiger partial charge in [-0.2, -0.15) is 13.5 Å². The molecule has 176 valence electrons. The molecule has 1 atom stereocenters. The van der Waals surface area contributed by atoms with E-state index in [1.807, 2.05) is 38.1 Å². The molecule has 1 saturated heterocycles. The first-order valence-electron chi connectivity index (χ1n) is 10.5. The Morgan fingerprint density at radius 2 is 1.91 bits per heavy atom. The SMILES string of the molecule is Cc1ccc(S(=O)(=O)Oc2ccc3ccccc3c2C=NN=C2NC(=O)[C@@H](C(C)C)S2)cc1Cl. The van der Waals surface area contributed by atoms with Crippen molar-refractivity contribution < 1.29 is 17.4 Å². The smallest absolute Gasteiger partial charge is 0.339 e. The lowest BCUT2D eigenvalue weighted by molar-refractivity contribution is -0.119. The molecule has 0 aromatic heterocycles. The average molecular weight is 516 g/mol. The number of aryl methyl sites for hydroxylation is 1. The zero-order valence-corrected chi connectivity index (χ0v) is 21.0. The summed E-state index contributed by atoms with van der Waals surface area (Å²) in [5.74, 6) is 0.147. The molecule has 3 aromatic carbocycles. The Kier molecular flexibility index (Phi) is 6.97. The van der Waals surface area contributed by atoms with Crippen LogP contribution >= 0.6 is 23.4 Å². The van der Waals surface area contributed by atoms with Crippen molar-refractivity contribution in [1.29, 1.82) is 0 Å². The number of benzene rings is 3. The molecule has 4 rings (SSSR count). The fourth-order valence-corrected chi connectivity index (χ4v) is 5.54. The average Bonchev–Trinajstić information content (AvgIpc) is 3.17. The number of rotatable bonds is 6. The lowest BCUT2D eigenvalue weighted by Gasteiger charge is -2.12. The number of nitrogens with zero attached hydrogens (tertiary/aromatic N) is 2. The summed E-state index contributed by atoms with van der Waals surface area (Å²) in [4.78, 5) is 12.0. The molecular weight excluding hydrogens is 494 g/mol. The number of fused-ring (bicyclic) bond motifs is 1. The van der Waals surface area contributed by atoms with Gasteiger partial charge in [-0.1, -0.05) is 73.6 Å². The van der Waals surface area contributed by atoms with E-state index in [9.17, 15) is 13.2 Å². The minimum atomic E-state index is -4.15. The molecule has 1 aliphatic rings. The van der Waals surface area contributed by atoms with Crippen LogP contribution < -0.4 is 9.50 Å². The van der Waals surface area contributed by atoms with Crippen LogP contribution in [0.25, 0.3) is 10.8 Å². The zero-order valence-electron chi connectivity index (χ0n) is 18.7. The van der Waals surface area contributed by atoms with E-state index in [0.717, 1.165) is 16.3 Å². The van der Waals surface area contributed by atoms with Crippen molar-refractivity contribution in [3.8, 4) is 5.75 Å². The van der Waals surface area contributed by atoms with E-state index < -0.39 is 10.1 Å². The van der Waals surface area contributed by atoms with Gasteiger partial charge in [-0.3, -0.25) is 4.79 Å². The fraction of sp³-hybridized carbons (Fsp3) is 0.208. The van der Waals surface area contributed by atoms with Gasteiger partial charge in [0.25, 0.3) is 0 Å². The maximum atomic E-state index is 13.0. The number of amidine groups is 1. The Labute approximate surface area is 207 Å². The summed E-state index contributed by atoms with van der Waals surface area (Å²) < 4.78 is 31.4. The van der Waals surface area contributed by atoms with Gasteiger partial charge in [0, 0.05) is 10.6 Å². The summed E-state index contributed by atoms with van der Waals surface area (Å²) in [6.07, 6.45) is 1.43. The van der Waals surface area contributed by atoms with E-state index in [2.05, 4.69) is 15.5 Å². The zero-order chi connectivity index (χ0) is 24.5. The van der Waals surface area contributed by atoms with Gasteiger partial charge in [0.2, 0.25) is 5.91 Å². The largest absolute Gasteiger partial charge is 0.378 e. The Morgan fingerprint density at radius 1 is 1.15 bits per heavy atom. The molecule has 0 spiro atoms. The normalized spacial score (nSPS) is 17.7. The molecule has 1 amide bonds. The number of carbonyl (C=O) groups excluding carboxylic acids is 1. The number of nitrogens with one attached hydrogen (secondary N) is 1. The third-order valence-electron chi connectivity index (χ3n) is 5.23. The topological polar surface area (TPSA) is 97.2 Å². The highest BCUT2D eigenvalue weighted by atomic mass is 35.5. The minimum absolute atomic E-state index is 0.0517. The van der Waals surface area contributed by atoms with Crippen molar-refractivity contribution in [1.82, 2.24) is 5.32 Å². The number of halogens is 1. The Bertz CT molecular complexity index is 1440. The standard InChI is InChI=1S/C24H22ClN3O4S2/c1-14(2)22-23(29)27-24(33-22)28-26-13-19-18-7-5-4-6-16(18)9-11-21(19)32-34(30,31)17-10-8-15(3)20(25)12-17/h4-14,22H,1-3H3,(H,27,28,29)/t22-/m1/s1. The van der Waals surface area contributed by atoms with Gasteiger partial charge in [0.15, 0.2) is 10.9 Å². The summed E-state index contributed by atoms with van der Waals surface area (Å²) in [6.45, 7) is 5.71. The van der Waals surface area contributed by atoms with Crippen LogP contribution in [0.5, 0.6) is 5.75 Å². The summed E-state index contributed by atoms with van der Waals surface area (Å²) in [7, 11) is -4.15. The van der Waals surface area contributed by atoms with E-state index >= 15 is 0 Å². The molecule has 0 radical (unpaired) electrons. The highest BCUT2D eigenvalue weighted by molar-refractivity contribution is 8.15. The number of amides is 1. The number of hydrogen-bond acceptors (Lipinski definition) is 7. The molecule has 1 N–H and O–H groups in total. The minimum Gasteiger partial charge on any atom is -0.378 e. The first-order valence-corrected chi connectivity index (χ1v) is 13.1. The van der Waals surface area contributed by atoms with Gasteiger partial charge < -0.3 is 9.50 Å². The molecule has 0 bridgehead atoms. The highest BCUT2D eigenvalue weighted by Crippen LogP contribution is 2.30. The second-order valence-corrected chi connectivity index (χ2v) is 11.2. The van der Waals surface area contributed by atoms with Crippen molar-refractivity contribution in [3.63, 3.8) is 0 Å². The molecule has 0 unspecified atom stereocenters. The summed E-state index contributed by atoms with van der Waals surface area (Å²) in [5, 5.41) is 13.1. The number of hydrogen-bond donors (Lipinski definition) is 1. The van der Waals surface area contributed by atoms with Crippen LogP contribution in [0.4, 0.5) is 0 Å². The first-order chi connectivity index (χ1) is 16.2. The van der Waals surface area contributed by atoms with E-state index in [1.54, 1.807) is 25.1 Å². The summed E-state index contributed by atoms with van der Waals surface area (Å²) in [6, 6.07) is 15.2. The summed E-state index contributed by atoms with van der Waals surface area (Å²) >= 11 is 7.43. The predicted octanol–water partition coefficient (Wildman–Crippen LogP) is 5.15. The van der Waals surface area contributed by atoms with Crippen molar-refractivity contribution in [2.75, 3.05) is 0 Å². The molecule has 1 heterocycles. The van der Waals surface area contributed by atoms with Gasteiger partial charge in [0.05, 0.1) is 11.5 Å². The van der Waals surface area contributed by atoms with E-state index in [1.165, 1.54) is 30.1 Å². The van der Waals surface area contributed by atoms with Gasteiger partial charge in [-0.15, -0.1) is 5.10 Å². The Hall–Kier alpha value is -2.88. The van der Waals surface area contributed by atoms with Gasteiger partial charge in [-0.05, 0) is 47.4 Å². The van der Waals surface area contributed by atoms with Gasteiger partial charge in [-0.25, -0.2) is 0 Å². The van der Waals surface area contributed by atoms with Crippen LogP contribution in [-0.4, -0.2) is 31.0 Å². The Morgan fingerprint density at radius 3 is 2.62 bits per heavy atom.